The predicted octanol–water partition coefficient (Wildman–Crippen LogP) is 3.89. The molecule has 4 rings (SSSR count). The van der Waals surface area contributed by atoms with Gasteiger partial charge in [-0.15, -0.1) is 0 Å². The Morgan fingerprint density at radius 1 is 1.10 bits per heavy atom. The summed E-state index contributed by atoms with van der Waals surface area (Å²) >= 11 is 5.90. The van der Waals surface area contributed by atoms with E-state index in [1.165, 1.54) is 10.7 Å². The van der Waals surface area contributed by atoms with Crippen molar-refractivity contribution in [2.45, 2.75) is 6.92 Å². The second-order valence-corrected chi connectivity index (χ2v) is 6.98. The summed E-state index contributed by atoms with van der Waals surface area (Å²) in [6.45, 7) is 1.87. The highest BCUT2D eigenvalue weighted by Crippen LogP contribution is 2.23. The Morgan fingerprint density at radius 2 is 1.83 bits per heavy atom. The molecule has 0 aliphatic rings. The van der Waals surface area contributed by atoms with Crippen molar-refractivity contribution >= 4 is 40.3 Å². The largest absolute Gasteiger partial charge is 0.477 e. The molecule has 1 amide bonds. The molecule has 0 aliphatic carbocycles. The highest BCUT2D eigenvalue weighted by atomic mass is 35.5. The molecular formula is C21H14ClN3O5. The van der Waals surface area contributed by atoms with Crippen molar-refractivity contribution in [3.8, 4) is 5.69 Å². The van der Waals surface area contributed by atoms with Gasteiger partial charge in [-0.1, -0.05) is 23.2 Å². The van der Waals surface area contributed by atoms with Crippen molar-refractivity contribution in [3.63, 3.8) is 0 Å². The van der Waals surface area contributed by atoms with Crippen LogP contribution in [0.5, 0.6) is 0 Å². The summed E-state index contributed by atoms with van der Waals surface area (Å²) in [6.07, 6.45) is 1.11. The van der Waals surface area contributed by atoms with Crippen LogP contribution in [0, 0.1) is 6.92 Å². The van der Waals surface area contributed by atoms with E-state index < -0.39 is 17.5 Å². The molecule has 2 aromatic heterocycles. The van der Waals surface area contributed by atoms with Gasteiger partial charge in [0, 0.05) is 10.4 Å². The Labute approximate surface area is 174 Å². The monoisotopic (exact) mass is 423 g/mol. The third-order valence-electron chi connectivity index (χ3n) is 4.44. The zero-order valence-electron chi connectivity index (χ0n) is 15.5. The number of aromatic carboxylic acids is 1. The number of halogens is 1. The number of hydrogen-bond donors (Lipinski definition) is 2. The first-order valence-electron chi connectivity index (χ1n) is 8.76. The molecule has 0 bridgehead atoms. The Bertz CT molecular complexity index is 1360. The number of hydrogen-bond acceptors (Lipinski definition) is 5. The quantitative estimate of drug-likeness (QED) is 0.481. The number of aryl methyl sites for hydroxylation is 1. The summed E-state index contributed by atoms with van der Waals surface area (Å²) < 4.78 is 6.46. The number of carbonyl (C=O) groups is 2. The number of carboxylic acid groups (broad SMARTS) is 1. The van der Waals surface area contributed by atoms with E-state index in [0.29, 0.717) is 21.7 Å². The van der Waals surface area contributed by atoms with Gasteiger partial charge in [-0.2, -0.15) is 5.10 Å². The Morgan fingerprint density at radius 3 is 2.53 bits per heavy atom. The third kappa shape index (κ3) is 3.56. The third-order valence-corrected chi connectivity index (χ3v) is 4.69. The van der Waals surface area contributed by atoms with Gasteiger partial charge < -0.3 is 14.8 Å². The van der Waals surface area contributed by atoms with E-state index in [-0.39, 0.29) is 16.9 Å². The standard InChI is InChI=1S/C21H14ClN3O5/c1-11-2-7-17-12(8-11)9-15(21(29)30-17)19(26)24-18-16(20(27)28)10-23-25(18)14-5-3-13(22)4-6-14/h2-10H,1H3,(H,24,26)(H,27,28). The van der Waals surface area contributed by atoms with Crippen molar-refractivity contribution in [3.05, 3.63) is 86.9 Å². The van der Waals surface area contributed by atoms with E-state index in [9.17, 15) is 19.5 Å². The molecule has 0 unspecified atom stereocenters. The molecule has 0 aliphatic heterocycles. The van der Waals surface area contributed by atoms with Gasteiger partial charge in [0.2, 0.25) is 0 Å². The zero-order chi connectivity index (χ0) is 21.4. The van der Waals surface area contributed by atoms with Crippen LogP contribution in [0.4, 0.5) is 5.82 Å². The van der Waals surface area contributed by atoms with Crippen molar-refractivity contribution in [2.24, 2.45) is 0 Å². The number of amides is 1. The number of carboxylic acids is 1. The van der Waals surface area contributed by atoms with E-state index >= 15 is 0 Å². The SMILES string of the molecule is Cc1ccc2oc(=O)c(C(=O)Nc3c(C(=O)O)cnn3-c3ccc(Cl)cc3)cc2c1. The van der Waals surface area contributed by atoms with Gasteiger partial charge in [0.15, 0.2) is 5.82 Å². The lowest BCUT2D eigenvalue weighted by Crippen LogP contribution is -2.23. The van der Waals surface area contributed by atoms with Crippen LogP contribution in [-0.4, -0.2) is 26.8 Å². The van der Waals surface area contributed by atoms with Crippen LogP contribution in [-0.2, 0) is 0 Å². The normalized spacial score (nSPS) is 10.9. The number of benzene rings is 2. The lowest BCUT2D eigenvalue weighted by molar-refractivity contribution is 0.0698. The predicted molar refractivity (Wildman–Crippen MR) is 111 cm³/mol. The minimum Gasteiger partial charge on any atom is -0.477 e. The summed E-state index contributed by atoms with van der Waals surface area (Å²) in [5.74, 6) is -2.20. The number of carbonyl (C=O) groups excluding carboxylic acids is 1. The molecule has 150 valence electrons. The summed E-state index contributed by atoms with van der Waals surface area (Å²) in [5.41, 5.74) is 0.422. The van der Waals surface area contributed by atoms with E-state index in [2.05, 4.69) is 10.4 Å². The van der Waals surface area contributed by atoms with Gasteiger partial charge in [-0.3, -0.25) is 4.79 Å². The average Bonchev–Trinajstić information content (AvgIpc) is 3.12. The molecule has 0 saturated carbocycles. The van der Waals surface area contributed by atoms with Crippen LogP contribution in [0.3, 0.4) is 0 Å². The molecule has 8 nitrogen and oxygen atoms in total. The molecule has 0 fully saturated rings. The molecule has 0 saturated heterocycles. The minimum atomic E-state index is -1.29. The van der Waals surface area contributed by atoms with Gasteiger partial charge in [-0.05, 0) is 49.4 Å². The van der Waals surface area contributed by atoms with Crippen molar-refractivity contribution in [2.75, 3.05) is 5.32 Å². The second kappa shape index (κ2) is 7.49. The topological polar surface area (TPSA) is 114 Å². The first-order valence-corrected chi connectivity index (χ1v) is 9.14. The number of anilines is 1. The lowest BCUT2D eigenvalue weighted by atomic mass is 10.1. The van der Waals surface area contributed by atoms with Crippen LogP contribution < -0.4 is 10.9 Å². The summed E-state index contributed by atoms with van der Waals surface area (Å²) in [4.78, 5) is 36.8. The Hall–Kier alpha value is -3.91. The van der Waals surface area contributed by atoms with Crippen LogP contribution in [0.1, 0.15) is 26.3 Å². The maximum absolute atomic E-state index is 12.8. The number of rotatable bonds is 4. The van der Waals surface area contributed by atoms with Crippen LogP contribution >= 0.6 is 11.6 Å². The molecule has 0 spiro atoms. The smallest absolute Gasteiger partial charge is 0.349 e. The van der Waals surface area contributed by atoms with E-state index in [1.807, 2.05) is 6.92 Å². The highest BCUT2D eigenvalue weighted by molar-refractivity contribution is 6.30. The minimum absolute atomic E-state index is 0.0986. The zero-order valence-corrected chi connectivity index (χ0v) is 16.3. The van der Waals surface area contributed by atoms with E-state index in [0.717, 1.165) is 11.8 Å². The Kier molecular flexibility index (Phi) is 4.85. The average molecular weight is 424 g/mol. The van der Waals surface area contributed by atoms with E-state index in [1.54, 1.807) is 42.5 Å². The fourth-order valence-electron chi connectivity index (χ4n) is 2.98. The number of aromatic nitrogens is 2. The molecule has 9 heteroatoms. The highest BCUT2D eigenvalue weighted by Gasteiger charge is 2.22. The fourth-order valence-corrected chi connectivity index (χ4v) is 3.11. The van der Waals surface area contributed by atoms with Gasteiger partial charge in [-0.25, -0.2) is 14.3 Å². The number of fused-ring (bicyclic) bond motifs is 1. The molecule has 0 radical (unpaired) electrons. The lowest BCUT2D eigenvalue weighted by Gasteiger charge is -2.10. The van der Waals surface area contributed by atoms with E-state index in [4.69, 9.17) is 16.0 Å². The first-order chi connectivity index (χ1) is 14.3. The van der Waals surface area contributed by atoms with Crippen LogP contribution in [0.25, 0.3) is 16.7 Å². The summed E-state index contributed by atoms with van der Waals surface area (Å²) in [5, 5.41) is 17.1. The second-order valence-electron chi connectivity index (χ2n) is 6.54. The molecule has 30 heavy (non-hydrogen) atoms. The van der Waals surface area contributed by atoms with Gasteiger partial charge in [0.05, 0.1) is 11.9 Å². The van der Waals surface area contributed by atoms with Gasteiger partial charge in [0.25, 0.3) is 5.91 Å². The Balaban J connectivity index is 1.78. The maximum atomic E-state index is 12.8. The van der Waals surface area contributed by atoms with Crippen molar-refractivity contribution in [1.82, 2.24) is 9.78 Å². The van der Waals surface area contributed by atoms with Crippen molar-refractivity contribution in [1.29, 1.82) is 0 Å². The van der Waals surface area contributed by atoms with Crippen LogP contribution in [0.15, 0.2) is 63.9 Å². The maximum Gasteiger partial charge on any atom is 0.349 e. The fraction of sp³-hybridized carbons (Fsp3) is 0.0476. The molecule has 2 aromatic carbocycles. The van der Waals surface area contributed by atoms with Gasteiger partial charge >= 0.3 is 11.6 Å². The molecule has 0 atom stereocenters. The van der Waals surface area contributed by atoms with Gasteiger partial charge in [0.1, 0.15) is 16.7 Å². The summed E-state index contributed by atoms with van der Waals surface area (Å²) in [6, 6.07) is 13.0. The number of nitrogens with one attached hydrogen (secondary N) is 1. The molecular weight excluding hydrogens is 410 g/mol. The van der Waals surface area contributed by atoms with Crippen LogP contribution in [0.2, 0.25) is 5.02 Å². The molecule has 4 aromatic rings. The summed E-state index contributed by atoms with van der Waals surface area (Å²) in [7, 11) is 0. The number of nitrogens with zero attached hydrogens (tertiary/aromatic N) is 2. The van der Waals surface area contributed by atoms with Crippen molar-refractivity contribution < 1.29 is 19.1 Å². The molecule has 2 heterocycles. The molecule has 2 N–H and O–H groups in total. The first kappa shape index (κ1) is 19.4.